The van der Waals surface area contributed by atoms with Crippen LogP contribution in [0, 0.1) is 5.92 Å². The summed E-state index contributed by atoms with van der Waals surface area (Å²) in [5, 5.41) is 0.512. The Kier molecular flexibility index (Phi) is 12.2. The lowest BCUT2D eigenvalue weighted by atomic mass is 9.98. The highest BCUT2D eigenvalue weighted by molar-refractivity contribution is 6.30. The molecule has 0 aliphatic carbocycles. The predicted molar refractivity (Wildman–Crippen MR) is 136 cm³/mol. The first-order valence-electron chi connectivity index (χ1n) is 11.9. The highest BCUT2D eigenvalue weighted by atomic mass is 35.5. The van der Waals surface area contributed by atoms with Crippen LogP contribution in [0.1, 0.15) is 65.8 Å². The Labute approximate surface area is 212 Å². The van der Waals surface area contributed by atoms with E-state index in [4.69, 9.17) is 25.8 Å². The minimum atomic E-state index is -0.662. The van der Waals surface area contributed by atoms with Gasteiger partial charge < -0.3 is 14.2 Å². The number of benzene rings is 2. The molecule has 0 N–H and O–H groups in total. The van der Waals surface area contributed by atoms with Crippen molar-refractivity contribution in [2.24, 2.45) is 5.92 Å². The lowest BCUT2D eigenvalue weighted by Gasteiger charge is -2.21. The average Bonchev–Trinajstić information content (AvgIpc) is 2.89. The Morgan fingerprint density at radius 3 is 2.23 bits per heavy atom. The van der Waals surface area contributed by atoms with Crippen LogP contribution < -0.4 is 0 Å². The molecular weight excluding hydrogens is 468 g/mol. The second-order valence-electron chi connectivity index (χ2n) is 8.19. The van der Waals surface area contributed by atoms with Crippen LogP contribution in [0.5, 0.6) is 0 Å². The van der Waals surface area contributed by atoms with Crippen LogP contribution in [0.2, 0.25) is 5.02 Å². The summed E-state index contributed by atoms with van der Waals surface area (Å²) in [6.07, 6.45) is 4.62. The van der Waals surface area contributed by atoms with Gasteiger partial charge in [-0.25, -0.2) is 9.59 Å². The van der Waals surface area contributed by atoms with E-state index >= 15 is 0 Å². The molecule has 0 aliphatic rings. The Balaban J connectivity index is 2.09. The summed E-state index contributed by atoms with van der Waals surface area (Å²) >= 11 is 5.91. The van der Waals surface area contributed by atoms with Gasteiger partial charge in [-0.15, -0.1) is 0 Å². The number of unbranched alkanes of at least 4 members (excludes halogenated alkanes) is 1. The van der Waals surface area contributed by atoms with E-state index in [1.165, 1.54) is 6.07 Å². The second kappa shape index (κ2) is 15.1. The van der Waals surface area contributed by atoms with E-state index in [-0.39, 0.29) is 30.1 Å². The molecule has 0 heterocycles. The Hall–Kier alpha value is -2.96. The molecule has 0 saturated heterocycles. The van der Waals surface area contributed by atoms with E-state index in [0.29, 0.717) is 23.1 Å². The van der Waals surface area contributed by atoms with Crippen molar-refractivity contribution in [2.45, 2.75) is 45.6 Å². The van der Waals surface area contributed by atoms with Crippen LogP contribution in [0.3, 0.4) is 0 Å². The average molecular weight is 501 g/mol. The number of hydrogen-bond donors (Lipinski definition) is 0. The first-order chi connectivity index (χ1) is 16.9. The quantitative estimate of drug-likeness (QED) is 0.168. The van der Waals surface area contributed by atoms with Crippen molar-refractivity contribution >= 4 is 29.3 Å². The Bertz CT molecular complexity index is 985. The molecule has 2 unspecified atom stereocenters. The molecular formula is C28H33ClO6. The van der Waals surface area contributed by atoms with Gasteiger partial charge in [0, 0.05) is 22.2 Å². The molecule has 0 amide bonds. The van der Waals surface area contributed by atoms with Gasteiger partial charge in [0.2, 0.25) is 0 Å². The maximum atomic E-state index is 13.0. The highest BCUT2D eigenvalue weighted by Gasteiger charge is 2.22. The molecule has 2 rings (SSSR count). The molecule has 0 aliphatic heterocycles. The molecule has 2 aromatic carbocycles. The summed E-state index contributed by atoms with van der Waals surface area (Å²) in [7, 11) is 0. The largest absolute Gasteiger partial charge is 0.460 e. The molecule has 0 bridgehead atoms. The third-order valence-electron chi connectivity index (χ3n) is 5.59. The molecule has 0 aromatic heterocycles. The van der Waals surface area contributed by atoms with Crippen LogP contribution in [0.25, 0.3) is 0 Å². The zero-order valence-electron chi connectivity index (χ0n) is 20.3. The van der Waals surface area contributed by atoms with E-state index in [1.54, 1.807) is 42.5 Å². The number of esters is 2. The molecule has 7 heteroatoms. The van der Waals surface area contributed by atoms with Crippen molar-refractivity contribution in [1.82, 2.24) is 0 Å². The minimum Gasteiger partial charge on any atom is -0.460 e. The van der Waals surface area contributed by atoms with Crippen molar-refractivity contribution in [3.63, 3.8) is 0 Å². The minimum absolute atomic E-state index is 0.0757. The van der Waals surface area contributed by atoms with Gasteiger partial charge >= 0.3 is 11.9 Å². The van der Waals surface area contributed by atoms with Gasteiger partial charge in [-0.3, -0.25) is 4.79 Å². The number of halogens is 1. The molecule has 6 nitrogen and oxygen atoms in total. The van der Waals surface area contributed by atoms with Crippen molar-refractivity contribution in [3.05, 3.63) is 82.9 Å². The summed E-state index contributed by atoms with van der Waals surface area (Å²) < 4.78 is 16.6. The SMILES string of the molecule is C=CC(=O)OCC(COC(=O)c1ccccc1C(=O)c1ccc(Cl)cc1)OCC(CC)CCCC. The van der Waals surface area contributed by atoms with Crippen LogP contribution in [-0.2, 0) is 19.0 Å². The first kappa shape index (κ1) is 28.3. The van der Waals surface area contributed by atoms with Crippen molar-refractivity contribution in [3.8, 4) is 0 Å². The fourth-order valence-corrected chi connectivity index (χ4v) is 3.54. The fourth-order valence-electron chi connectivity index (χ4n) is 3.41. The summed E-state index contributed by atoms with van der Waals surface area (Å²) in [5.74, 6) is -1.20. The Morgan fingerprint density at radius 1 is 0.943 bits per heavy atom. The Morgan fingerprint density at radius 2 is 1.60 bits per heavy atom. The fraction of sp³-hybridized carbons (Fsp3) is 0.393. The monoisotopic (exact) mass is 500 g/mol. The van der Waals surface area contributed by atoms with Crippen LogP contribution in [-0.4, -0.2) is 43.6 Å². The number of ketones is 1. The van der Waals surface area contributed by atoms with Crippen molar-refractivity contribution in [1.29, 1.82) is 0 Å². The molecule has 35 heavy (non-hydrogen) atoms. The molecule has 0 saturated carbocycles. The van der Waals surface area contributed by atoms with Gasteiger partial charge in [0.1, 0.15) is 19.3 Å². The molecule has 2 atom stereocenters. The molecule has 0 spiro atoms. The maximum Gasteiger partial charge on any atom is 0.338 e. The predicted octanol–water partition coefficient (Wildman–Crippen LogP) is 6.06. The van der Waals surface area contributed by atoms with Gasteiger partial charge in [-0.05, 0) is 42.7 Å². The highest BCUT2D eigenvalue weighted by Crippen LogP contribution is 2.19. The smallest absolute Gasteiger partial charge is 0.338 e. The lowest BCUT2D eigenvalue weighted by molar-refractivity contribution is -0.143. The summed E-state index contributed by atoms with van der Waals surface area (Å²) in [6, 6.07) is 12.9. The second-order valence-corrected chi connectivity index (χ2v) is 8.62. The standard InChI is InChI=1S/C28H33ClO6/c1-4-7-10-20(5-2)17-33-23(18-34-26(30)6-3)19-35-28(32)25-12-9-8-11-24(25)27(31)21-13-15-22(29)16-14-21/h6,8-9,11-16,20,23H,3-5,7,10,17-19H2,1-2H3. The molecule has 0 radical (unpaired) electrons. The van der Waals surface area contributed by atoms with E-state index in [2.05, 4.69) is 20.4 Å². The van der Waals surface area contributed by atoms with Crippen LogP contribution in [0.4, 0.5) is 0 Å². The van der Waals surface area contributed by atoms with Crippen molar-refractivity contribution in [2.75, 3.05) is 19.8 Å². The van der Waals surface area contributed by atoms with E-state index < -0.39 is 18.0 Å². The summed E-state index contributed by atoms with van der Waals surface area (Å²) in [6.45, 7) is 7.90. The number of hydrogen-bond acceptors (Lipinski definition) is 6. The summed E-state index contributed by atoms with van der Waals surface area (Å²) in [5.41, 5.74) is 0.773. The zero-order chi connectivity index (χ0) is 25.6. The number of carbonyl (C=O) groups is 3. The zero-order valence-corrected chi connectivity index (χ0v) is 21.1. The van der Waals surface area contributed by atoms with Gasteiger partial charge in [-0.2, -0.15) is 0 Å². The van der Waals surface area contributed by atoms with E-state index in [0.717, 1.165) is 31.8 Å². The lowest BCUT2D eigenvalue weighted by Crippen LogP contribution is -2.30. The summed E-state index contributed by atoms with van der Waals surface area (Å²) in [4.78, 5) is 37.4. The van der Waals surface area contributed by atoms with E-state index in [9.17, 15) is 14.4 Å². The van der Waals surface area contributed by atoms with Gasteiger partial charge in [0.05, 0.1) is 12.2 Å². The number of rotatable bonds is 15. The maximum absolute atomic E-state index is 13.0. The van der Waals surface area contributed by atoms with Crippen molar-refractivity contribution < 1.29 is 28.6 Å². The number of carbonyl (C=O) groups excluding carboxylic acids is 3. The van der Waals surface area contributed by atoms with Gasteiger partial charge in [0.15, 0.2) is 5.78 Å². The molecule has 2 aromatic rings. The molecule has 188 valence electrons. The van der Waals surface area contributed by atoms with Crippen LogP contribution >= 0.6 is 11.6 Å². The van der Waals surface area contributed by atoms with Gasteiger partial charge in [0.25, 0.3) is 0 Å². The normalized spacial score (nSPS) is 12.4. The van der Waals surface area contributed by atoms with Crippen LogP contribution in [0.15, 0.2) is 61.2 Å². The van der Waals surface area contributed by atoms with E-state index in [1.807, 2.05) is 0 Å². The molecule has 0 fully saturated rings. The van der Waals surface area contributed by atoms with Gasteiger partial charge in [-0.1, -0.05) is 69.5 Å². The number of ether oxygens (including phenoxy) is 3. The third kappa shape index (κ3) is 9.30. The topological polar surface area (TPSA) is 78.9 Å². The third-order valence-corrected chi connectivity index (χ3v) is 5.84. The first-order valence-corrected chi connectivity index (χ1v) is 12.2.